The quantitative estimate of drug-likeness (QED) is 0.657. The van der Waals surface area contributed by atoms with Crippen LogP contribution in [-0.4, -0.2) is 76.1 Å². The number of rotatable bonds is 6. The van der Waals surface area contributed by atoms with E-state index in [1.165, 1.54) is 11.1 Å². The lowest BCUT2D eigenvalue weighted by molar-refractivity contribution is -0.0980. The van der Waals surface area contributed by atoms with Crippen LogP contribution in [0.4, 0.5) is 11.5 Å². The molecule has 2 heterocycles. The van der Waals surface area contributed by atoms with Crippen LogP contribution in [0.15, 0.2) is 30.3 Å². The summed E-state index contributed by atoms with van der Waals surface area (Å²) in [6.45, 7) is 16.8. The van der Waals surface area contributed by atoms with Crippen LogP contribution in [-0.2, 0) is 9.53 Å². The van der Waals surface area contributed by atoms with Crippen molar-refractivity contribution in [3.05, 3.63) is 52.7 Å². The Morgan fingerprint density at radius 3 is 2.15 bits per heavy atom. The number of aryl methyl sites for hydroxylation is 3. The van der Waals surface area contributed by atoms with Crippen LogP contribution in [0.2, 0.25) is 0 Å². The second kappa shape index (κ2) is 14.3. The number of carbonyl (C=O) groups is 2. The summed E-state index contributed by atoms with van der Waals surface area (Å²) in [6, 6.07) is 10.0. The SMILES string of the molecule is C=O.CC.COCCN(C)c1ccc(C(=O)N2CCN(c3nc(C)c(C)cc3C)CC2)cc1. The maximum Gasteiger partial charge on any atom is 0.253 e. The van der Waals surface area contributed by atoms with Gasteiger partial charge in [-0.05, 0) is 56.2 Å². The van der Waals surface area contributed by atoms with E-state index in [1.807, 2.05) is 56.8 Å². The third kappa shape index (κ3) is 7.56. The summed E-state index contributed by atoms with van der Waals surface area (Å²) in [4.78, 5) is 32.1. The van der Waals surface area contributed by atoms with Gasteiger partial charge in [0.25, 0.3) is 5.91 Å². The van der Waals surface area contributed by atoms with E-state index >= 15 is 0 Å². The Balaban J connectivity index is 0.00000129. The molecule has 0 radical (unpaired) electrons. The van der Waals surface area contributed by atoms with Crippen LogP contribution in [0.3, 0.4) is 0 Å². The van der Waals surface area contributed by atoms with E-state index in [0.29, 0.717) is 19.7 Å². The summed E-state index contributed by atoms with van der Waals surface area (Å²) in [6.07, 6.45) is 0. The molecular weight excluding hydrogens is 416 g/mol. The average Bonchev–Trinajstić information content (AvgIpc) is 2.87. The number of pyridine rings is 1. The highest BCUT2D eigenvalue weighted by Crippen LogP contribution is 2.22. The summed E-state index contributed by atoms with van der Waals surface area (Å²) in [5.41, 5.74) is 5.31. The van der Waals surface area contributed by atoms with Crippen LogP contribution in [0.5, 0.6) is 0 Å². The lowest BCUT2D eigenvalue weighted by Gasteiger charge is -2.36. The fourth-order valence-electron chi connectivity index (χ4n) is 3.67. The van der Waals surface area contributed by atoms with E-state index in [1.54, 1.807) is 7.11 Å². The van der Waals surface area contributed by atoms with Crippen molar-refractivity contribution in [1.82, 2.24) is 9.88 Å². The minimum absolute atomic E-state index is 0.0977. The van der Waals surface area contributed by atoms with Crippen molar-refractivity contribution < 1.29 is 14.3 Å². The fraction of sp³-hybridized carbons (Fsp3) is 0.500. The molecule has 3 rings (SSSR count). The molecule has 1 aliphatic rings. The third-order valence-corrected chi connectivity index (χ3v) is 5.68. The number of anilines is 2. The average molecular weight is 457 g/mol. The zero-order valence-electron chi connectivity index (χ0n) is 21.4. The van der Waals surface area contributed by atoms with Crippen molar-refractivity contribution in [3.63, 3.8) is 0 Å². The number of methoxy groups -OCH3 is 1. The van der Waals surface area contributed by atoms with Crippen molar-refractivity contribution in [2.24, 2.45) is 0 Å². The van der Waals surface area contributed by atoms with Crippen molar-refractivity contribution in [2.45, 2.75) is 34.6 Å². The molecule has 33 heavy (non-hydrogen) atoms. The smallest absolute Gasteiger partial charge is 0.253 e. The van der Waals surface area contributed by atoms with Gasteiger partial charge in [-0.3, -0.25) is 4.79 Å². The summed E-state index contributed by atoms with van der Waals surface area (Å²) in [5.74, 6) is 1.14. The molecule has 0 unspecified atom stereocenters. The number of benzene rings is 1. The van der Waals surface area contributed by atoms with Crippen LogP contribution in [0.25, 0.3) is 0 Å². The van der Waals surface area contributed by atoms with Crippen LogP contribution in [0.1, 0.15) is 41.0 Å². The lowest BCUT2D eigenvalue weighted by Crippen LogP contribution is -2.49. The van der Waals surface area contributed by atoms with Crippen molar-refractivity contribution in [1.29, 1.82) is 0 Å². The first-order valence-corrected chi connectivity index (χ1v) is 11.5. The maximum atomic E-state index is 12.9. The Morgan fingerprint density at radius 1 is 1.03 bits per heavy atom. The molecule has 0 atom stereocenters. The first-order chi connectivity index (χ1) is 15.9. The molecule has 182 valence electrons. The molecule has 0 aliphatic carbocycles. The summed E-state index contributed by atoms with van der Waals surface area (Å²) < 4.78 is 5.12. The topological polar surface area (TPSA) is 66.0 Å². The number of piperazine rings is 1. The monoisotopic (exact) mass is 456 g/mol. The highest BCUT2D eigenvalue weighted by Gasteiger charge is 2.24. The number of likely N-dealkylation sites (N-methyl/N-ethyl adjacent to an activating group) is 1. The van der Waals surface area contributed by atoms with Gasteiger partial charge >= 0.3 is 0 Å². The predicted molar refractivity (Wildman–Crippen MR) is 137 cm³/mol. The largest absolute Gasteiger partial charge is 0.383 e. The Bertz CT molecular complexity index is 863. The lowest BCUT2D eigenvalue weighted by atomic mass is 10.1. The summed E-state index contributed by atoms with van der Waals surface area (Å²) in [5, 5.41) is 0. The van der Waals surface area contributed by atoms with Gasteiger partial charge in [0.15, 0.2) is 0 Å². The van der Waals surface area contributed by atoms with Gasteiger partial charge in [0.05, 0.1) is 6.61 Å². The highest BCUT2D eigenvalue weighted by molar-refractivity contribution is 5.94. The number of nitrogens with zero attached hydrogens (tertiary/aromatic N) is 4. The molecule has 1 aromatic heterocycles. The minimum atomic E-state index is 0.0977. The van der Waals surface area contributed by atoms with Gasteiger partial charge in [-0.25, -0.2) is 4.98 Å². The normalized spacial score (nSPS) is 12.8. The van der Waals surface area contributed by atoms with Crippen LogP contribution >= 0.6 is 0 Å². The molecule has 7 nitrogen and oxygen atoms in total. The standard InChI is InChI=1S/C23H32N4O2.C2H6.CH2O/c1-17-16-18(2)22(24-19(17)3)26-10-12-27(13-11-26)23(28)20-6-8-21(9-7-20)25(4)14-15-29-5;2*1-2/h6-9,16H,10-15H2,1-5H3;1-2H3;1H2. The molecule has 1 aromatic carbocycles. The van der Waals surface area contributed by atoms with Crippen LogP contribution in [0, 0.1) is 20.8 Å². The van der Waals surface area contributed by atoms with Gasteiger partial charge in [-0.15, -0.1) is 0 Å². The fourth-order valence-corrected chi connectivity index (χ4v) is 3.67. The predicted octanol–water partition coefficient (Wildman–Crippen LogP) is 3.89. The van der Waals surface area contributed by atoms with E-state index in [9.17, 15) is 4.79 Å². The molecule has 1 fully saturated rings. The zero-order chi connectivity index (χ0) is 25.0. The van der Waals surface area contributed by atoms with E-state index in [0.717, 1.165) is 42.4 Å². The van der Waals surface area contributed by atoms with Crippen molar-refractivity contribution >= 4 is 24.2 Å². The number of amides is 1. The van der Waals surface area contributed by atoms with E-state index in [-0.39, 0.29) is 5.91 Å². The minimum Gasteiger partial charge on any atom is -0.383 e. The van der Waals surface area contributed by atoms with Gasteiger partial charge in [0, 0.05) is 63.8 Å². The second-order valence-corrected chi connectivity index (χ2v) is 7.77. The van der Waals surface area contributed by atoms with E-state index in [2.05, 4.69) is 36.6 Å². The molecule has 0 N–H and O–H groups in total. The van der Waals surface area contributed by atoms with E-state index in [4.69, 9.17) is 14.5 Å². The third-order valence-electron chi connectivity index (χ3n) is 5.68. The Labute approximate surface area is 199 Å². The first-order valence-electron chi connectivity index (χ1n) is 11.5. The van der Waals surface area contributed by atoms with Gasteiger partial charge in [-0.2, -0.15) is 0 Å². The highest BCUT2D eigenvalue weighted by atomic mass is 16.5. The van der Waals surface area contributed by atoms with Gasteiger partial charge < -0.3 is 24.2 Å². The van der Waals surface area contributed by atoms with Crippen molar-refractivity contribution in [2.75, 3.05) is 63.3 Å². The second-order valence-electron chi connectivity index (χ2n) is 7.77. The molecule has 0 spiro atoms. The van der Waals surface area contributed by atoms with E-state index < -0.39 is 0 Å². The molecule has 1 saturated heterocycles. The van der Waals surface area contributed by atoms with Gasteiger partial charge in [0.1, 0.15) is 12.6 Å². The Kier molecular flexibility index (Phi) is 12.1. The number of hydrogen-bond acceptors (Lipinski definition) is 6. The van der Waals surface area contributed by atoms with Crippen molar-refractivity contribution in [3.8, 4) is 0 Å². The molecule has 0 bridgehead atoms. The van der Waals surface area contributed by atoms with Gasteiger partial charge in [0.2, 0.25) is 0 Å². The Morgan fingerprint density at radius 2 is 1.61 bits per heavy atom. The molecule has 0 saturated carbocycles. The first kappa shape index (κ1) is 28.1. The van der Waals surface area contributed by atoms with Gasteiger partial charge in [-0.1, -0.05) is 19.9 Å². The number of carbonyl (C=O) groups excluding carboxylic acids is 2. The maximum absolute atomic E-state index is 12.9. The molecule has 2 aromatic rings. The zero-order valence-corrected chi connectivity index (χ0v) is 21.4. The number of aromatic nitrogens is 1. The molecular formula is C26H40N4O3. The summed E-state index contributed by atoms with van der Waals surface area (Å²) in [7, 11) is 3.73. The molecule has 1 aliphatic heterocycles. The van der Waals surface area contributed by atoms with Crippen LogP contribution < -0.4 is 9.80 Å². The number of ether oxygens (including phenoxy) is 1. The molecule has 7 heteroatoms. The number of hydrogen-bond donors (Lipinski definition) is 0. The molecule has 1 amide bonds. The Hall–Kier alpha value is -2.93. The summed E-state index contributed by atoms with van der Waals surface area (Å²) >= 11 is 0.